The summed E-state index contributed by atoms with van der Waals surface area (Å²) in [6.07, 6.45) is 1.82. The predicted octanol–water partition coefficient (Wildman–Crippen LogP) is 2.74. The van der Waals surface area contributed by atoms with E-state index in [9.17, 15) is 4.39 Å². The highest BCUT2D eigenvalue weighted by Gasteiger charge is 2.22. The summed E-state index contributed by atoms with van der Waals surface area (Å²) in [4.78, 5) is 0. The fourth-order valence-corrected chi connectivity index (χ4v) is 2.08. The summed E-state index contributed by atoms with van der Waals surface area (Å²) in [5.41, 5.74) is 0.961. The first-order valence-electron chi connectivity index (χ1n) is 5.95. The van der Waals surface area contributed by atoms with E-state index in [0.29, 0.717) is 0 Å². The number of fused-ring (bicyclic) bond motifs is 1. The zero-order valence-corrected chi connectivity index (χ0v) is 10.6. The third kappa shape index (κ3) is 3.58. The monoisotopic (exact) mass is 257 g/mol. The second-order valence-electron chi connectivity index (χ2n) is 4.47. The summed E-state index contributed by atoms with van der Waals surface area (Å²) in [7, 11) is 0. The summed E-state index contributed by atoms with van der Waals surface area (Å²) in [5.74, 6) is 0.612. The van der Waals surface area contributed by atoms with Gasteiger partial charge in [0.2, 0.25) is 0 Å². The van der Waals surface area contributed by atoms with E-state index in [1.165, 1.54) is 6.07 Å². The molecule has 0 aromatic heterocycles. The first-order valence-corrected chi connectivity index (χ1v) is 6.38. The zero-order chi connectivity index (χ0) is 12.3. The third-order valence-electron chi connectivity index (χ3n) is 2.85. The van der Waals surface area contributed by atoms with Gasteiger partial charge in [-0.3, -0.25) is 0 Å². The molecule has 0 saturated heterocycles. The average Bonchev–Trinajstić information content (AvgIpc) is 2.66. The van der Waals surface area contributed by atoms with Crippen LogP contribution in [0.1, 0.15) is 18.9 Å². The Morgan fingerprint density at radius 1 is 1.59 bits per heavy atom. The van der Waals surface area contributed by atoms with Crippen LogP contribution in [0.2, 0.25) is 0 Å². The van der Waals surface area contributed by atoms with Crippen LogP contribution in [0, 0.1) is 5.82 Å². The molecule has 94 valence electrons. The average molecular weight is 258 g/mol. The van der Waals surface area contributed by atoms with Crippen LogP contribution >= 0.6 is 11.6 Å². The number of nitrogens with one attached hydrogen (secondary N) is 1. The van der Waals surface area contributed by atoms with E-state index in [4.69, 9.17) is 16.3 Å². The predicted molar refractivity (Wildman–Crippen MR) is 67.3 cm³/mol. The summed E-state index contributed by atoms with van der Waals surface area (Å²) in [5, 5.41) is 3.50. The molecule has 0 bridgehead atoms. The van der Waals surface area contributed by atoms with Gasteiger partial charge in [-0.05, 0) is 38.1 Å². The van der Waals surface area contributed by atoms with Crippen LogP contribution in [-0.4, -0.2) is 24.6 Å². The standard InChI is InChI=1S/C13H17ClFNO/c1-9(14)4-5-16-8-12-7-10-6-11(15)2-3-13(10)17-12/h2-3,6,9,12,16H,4-5,7-8H2,1H3. The van der Waals surface area contributed by atoms with Crippen molar-refractivity contribution < 1.29 is 9.13 Å². The second kappa shape index (κ2) is 5.69. The Morgan fingerprint density at radius 2 is 2.41 bits per heavy atom. The number of benzene rings is 1. The van der Waals surface area contributed by atoms with Gasteiger partial charge < -0.3 is 10.1 Å². The van der Waals surface area contributed by atoms with Gasteiger partial charge in [-0.1, -0.05) is 0 Å². The summed E-state index contributed by atoms with van der Waals surface area (Å²) < 4.78 is 18.7. The normalized spacial score (nSPS) is 19.8. The lowest BCUT2D eigenvalue weighted by molar-refractivity contribution is 0.227. The summed E-state index contributed by atoms with van der Waals surface area (Å²) in [6.45, 7) is 3.64. The lowest BCUT2D eigenvalue weighted by Gasteiger charge is -2.12. The van der Waals surface area contributed by atoms with Crippen molar-refractivity contribution in [3.05, 3.63) is 29.6 Å². The Labute approximate surface area is 106 Å². The maximum Gasteiger partial charge on any atom is 0.123 e. The van der Waals surface area contributed by atoms with Crippen LogP contribution in [0.25, 0.3) is 0 Å². The maximum atomic E-state index is 13.0. The molecule has 17 heavy (non-hydrogen) atoms. The van der Waals surface area contributed by atoms with E-state index in [1.807, 2.05) is 6.92 Å². The molecule has 2 rings (SSSR count). The van der Waals surface area contributed by atoms with Crippen molar-refractivity contribution in [1.82, 2.24) is 5.32 Å². The van der Waals surface area contributed by atoms with Gasteiger partial charge >= 0.3 is 0 Å². The first kappa shape index (κ1) is 12.7. The highest BCUT2D eigenvalue weighted by Crippen LogP contribution is 2.28. The molecule has 2 unspecified atom stereocenters. The minimum absolute atomic E-state index is 0.109. The van der Waals surface area contributed by atoms with Crippen LogP contribution in [0.15, 0.2) is 18.2 Å². The van der Waals surface area contributed by atoms with Gasteiger partial charge in [-0.15, -0.1) is 11.6 Å². The molecule has 1 N–H and O–H groups in total. The zero-order valence-electron chi connectivity index (χ0n) is 9.88. The molecule has 2 atom stereocenters. The van der Waals surface area contributed by atoms with E-state index in [0.717, 1.165) is 37.2 Å². The fourth-order valence-electron chi connectivity index (χ4n) is 1.97. The molecule has 1 aliphatic heterocycles. The molecule has 0 fully saturated rings. The molecule has 1 aliphatic rings. The largest absolute Gasteiger partial charge is 0.488 e. The number of alkyl halides is 1. The Morgan fingerprint density at radius 3 is 3.18 bits per heavy atom. The van der Waals surface area contributed by atoms with E-state index in [2.05, 4.69) is 5.32 Å². The van der Waals surface area contributed by atoms with Gasteiger partial charge in [0.1, 0.15) is 17.7 Å². The molecule has 1 aromatic carbocycles. The molecule has 0 radical (unpaired) electrons. The van der Waals surface area contributed by atoms with Crippen LogP contribution in [0.4, 0.5) is 4.39 Å². The molecular formula is C13H17ClFNO. The van der Waals surface area contributed by atoms with Crippen LogP contribution in [0.5, 0.6) is 5.75 Å². The SMILES string of the molecule is CC(Cl)CCNCC1Cc2cc(F)ccc2O1. The van der Waals surface area contributed by atoms with Crippen molar-refractivity contribution >= 4 is 11.6 Å². The van der Waals surface area contributed by atoms with Crippen molar-refractivity contribution in [2.75, 3.05) is 13.1 Å². The fraction of sp³-hybridized carbons (Fsp3) is 0.538. The van der Waals surface area contributed by atoms with Gasteiger partial charge in [-0.25, -0.2) is 4.39 Å². The van der Waals surface area contributed by atoms with Gasteiger partial charge in [-0.2, -0.15) is 0 Å². The van der Waals surface area contributed by atoms with E-state index < -0.39 is 0 Å². The number of ether oxygens (including phenoxy) is 1. The highest BCUT2D eigenvalue weighted by molar-refractivity contribution is 6.20. The third-order valence-corrected chi connectivity index (χ3v) is 3.07. The molecule has 0 amide bonds. The topological polar surface area (TPSA) is 21.3 Å². The van der Waals surface area contributed by atoms with Crippen LogP contribution in [0.3, 0.4) is 0 Å². The molecule has 0 spiro atoms. The van der Waals surface area contributed by atoms with E-state index in [1.54, 1.807) is 12.1 Å². The Balaban J connectivity index is 1.76. The number of halogens is 2. The van der Waals surface area contributed by atoms with E-state index in [-0.39, 0.29) is 17.3 Å². The van der Waals surface area contributed by atoms with Gasteiger partial charge in [0.05, 0.1) is 0 Å². The lowest BCUT2D eigenvalue weighted by atomic mass is 10.1. The van der Waals surface area contributed by atoms with Crippen molar-refractivity contribution in [2.45, 2.75) is 31.2 Å². The quantitative estimate of drug-likeness (QED) is 0.647. The van der Waals surface area contributed by atoms with Gasteiger partial charge in [0, 0.05) is 23.9 Å². The Kier molecular flexibility index (Phi) is 4.24. The number of hydrogen-bond acceptors (Lipinski definition) is 2. The van der Waals surface area contributed by atoms with Gasteiger partial charge in [0.15, 0.2) is 0 Å². The molecule has 1 aromatic rings. The minimum Gasteiger partial charge on any atom is -0.488 e. The van der Waals surface area contributed by atoms with Crippen molar-refractivity contribution in [1.29, 1.82) is 0 Å². The Bertz CT molecular complexity index is 384. The summed E-state index contributed by atoms with van der Waals surface area (Å²) >= 11 is 5.85. The van der Waals surface area contributed by atoms with Crippen LogP contribution in [-0.2, 0) is 6.42 Å². The maximum absolute atomic E-state index is 13.0. The van der Waals surface area contributed by atoms with Crippen molar-refractivity contribution in [2.24, 2.45) is 0 Å². The second-order valence-corrected chi connectivity index (χ2v) is 5.21. The minimum atomic E-state index is -0.197. The first-order chi connectivity index (χ1) is 8.15. The Hall–Kier alpha value is -0.800. The van der Waals surface area contributed by atoms with Gasteiger partial charge in [0.25, 0.3) is 0 Å². The molecular weight excluding hydrogens is 241 g/mol. The van der Waals surface area contributed by atoms with Crippen molar-refractivity contribution in [3.8, 4) is 5.75 Å². The molecule has 4 heteroatoms. The molecule has 1 heterocycles. The van der Waals surface area contributed by atoms with Crippen LogP contribution < -0.4 is 10.1 Å². The molecule has 0 saturated carbocycles. The molecule has 0 aliphatic carbocycles. The summed E-state index contributed by atoms with van der Waals surface area (Å²) in [6, 6.07) is 4.69. The molecule has 2 nitrogen and oxygen atoms in total. The highest BCUT2D eigenvalue weighted by atomic mass is 35.5. The number of hydrogen-bond donors (Lipinski definition) is 1. The number of rotatable bonds is 5. The van der Waals surface area contributed by atoms with E-state index >= 15 is 0 Å². The van der Waals surface area contributed by atoms with Crippen molar-refractivity contribution in [3.63, 3.8) is 0 Å². The lowest BCUT2D eigenvalue weighted by Crippen LogP contribution is -2.31. The smallest absolute Gasteiger partial charge is 0.123 e.